The molecule has 0 radical (unpaired) electrons. The van der Waals surface area contributed by atoms with Gasteiger partial charge in [0.2, 0.25) is 0 Å². The van der Waals surface area contributed by atoms with Crippen molar-refractivity contribution in [2.75, 3.05) is 4.72 Å². The van der Waals surface area contributed by atoms with Gasteiger partial charge in [0.05, 0.1) is 4.90 Å². The third-order valence-electron chi connectivity index (χ3n) is 4.11. The zero-order valence-electron chi connectivity index (χ0n) is 16.0. The molecule has 0 fully saturated rings. The molecular formula is C20H26ClNO3S. The third kappa shape index (κ3) is 4.51. The number of hydrogen-bond acceptors (Lipinski definition) is 3. The van der Waals surface area contributed by atoms with Crippen LogP contribution in [-0.4, -0.2) is 13.5 Å². The molecule has 4 nitrogen and oxygen atoms in total. The van der Waals surface area contributed by atoms with Crippen molar-refractivity contribution in [2.45, 2.75) is 57.3 Å². The fraction of sp³-hybridized carbons (Fsp3) is 0.400. The Morgan fingerprint density at radius 1 is 0.885 bits per heavy atom. The van der Waals surface area contributed by atoms with Gasteiger partial charge in [-0.05, 0) is 47.2 Å². The van der Waals surface area contributed by atoms with Gasteiger partial charge in [0.1, 0.15) is 5.75 Å². The minimum absolute atomic E-state index is 0.125. The Kier molecular flexibility index (Phi) is 5.37. The van der Waals surface area contributed by atoms with Crippen LogP contribution in [0.3, 0.4) is 0 Å². The molecule has 0 saturated carbocycles. The largest absolute Gasteiger partial charge is 0.507 e. The number of phenols is 1. The molecule has 0 unspecified atom stereocenters. The summed E-state index contributed by atoms with van der Waals surface area (Å²) in [6.45, 7) is 11.7. The maximum Gasteiger partial charge on any atom is 0.261 e. The van der Waals surface area contributed by atoms with Crippen LogP contribution in [0.25, 0.3) is 0 Å². The number of anilines is 1. The summed E-state index contributed by atoms with van der Waals surface area (Å²) in [5.41, 5.74) is 0.811. The molecule has 0 aromatic heterocycles. The Labute approximate surface area is 161 Å². The molecule has 0 atom stereocenters. The van der Waals surface area contributed by atoms with Gasteiger partial charge in [-0.25, -0.2) is 8.42 Å². The SMILES string of the molecule is CC(C)(C)c1cc(S(=O)(=O)Nc2ccc(Cl)cc2)cc(C(C)(C)C)c1O. The average Bonchev–Trinajstić information content (AvgIpc) is 2.47. The van der Waals surface area contributed by atoms with Crippen molar-refractivity contribution < 1.29 is 13.5 Å². The number of nitrogens with one attached hydrogen (secondary N) is 1. The Balaban J connectivity index is 2.62. The first-order chi connectivity index (χ1) is 11.7. The lowest BCUT2D eigenvalue weighted by Crippen LogP contribution is -2.20. The summed E-state index contributed by atoms with van der Waals surface area (Å²) in [4.78, 5) is 0.125. The number of sulfonamides is 1. The molecule has 2 aromatic rings. The highest BCUT2D eigenvalue weighted by Gasteiger charge is 2.29. The minimum Gasteiger partial charge on any atom is -0.507 e. The van der Waals surface area contributed by atoms with E-state index >= 15 is 0 Å². The Morgan fingerprint density at radius 2 is 1.31 bits per heavy atom. The molecule has 0 aliphatic rings. The van der Waals surface area contributed by atoms with E-state index in [1.165, 1.54) is 0 Å². The second-order valence-corrected chi connectivity index (χ2v) is 10.6. The van der Waals surface area contributed by atoms with Crippen LogP contribution in [0.15, 0.2) is 41.3 Å². The van der Waals surface area contributed by atoms with E-state index in [9.17, 15) is 13.5 Å². The van der Waals surface area contributed by atoms with E-state index in [4.69, 9.17) is 11.6 Å². The maximum absolute atomic E-state index is 12.9. The highest BCUT2D eigenvalue weighted by atomic mass is 35.5. The number of aromatic hydroxyl groups is 1. The fourth-order valence-corrected chi connectivity index (χ4v) is 3.87. The lowest BCUT2D eigenvalue weighted by molar-refractivity contribution is 0.422. The van der Waals surface area contributed by atoms with E-state index < -0.39 is 20.9 Å². The highest BCUT2D eigenvalue weighted by molar-refractivity contribution is 7.92. The molecular weight excluding hydrogens is 370 g/mol. The van der Waals surface area contributed by atoms with Crippen LogP contribution in [0.1, 0.15) is 52.7 Å². The van der Waals surface area contributed by atoms with E-state index in [1.54, 1.807) is 36.4 Å². The molecule has 0 saturated heterocycles. The first-order valence-electron chi connectivity index (χ1n) is 8.38. The predicted octanol–water partition coefficient (Wildman–Crippen LogP) is 5.44. The van der Waals surface area contributed by atoms with Gasteiger partial charge in [-0.1, -0.05) is 53.1 Å². The van der Waals surface area contributed by atoms with Gasteiger partial charge in [-0.2, -0.15) is 0 Å². The summed E-state index contributed by atoms with van der Waals surface area (Å²) in [6, 6.07) is 9.55. The lowest BCUT2D eigenvalue weighted by atomic mass is 9.79. The van der Waals surface area contributed by atoms with Gasteiger partial charge in [0.15, 0.2) is 0 Å². The van der Waals surface area contributed by atoms with E-state index in [1.807, 2.05) is 41.5 Å². The van der Waals surface area contributed by atoms with E-state index in [2.05, 4.69) is 4.72 Å². The predicted molar refractivity (Wildman–Crippen MR) is 108 cm³/mol. The van der Waals surface area contributed by atoms with E-state index in [0.717, 1.165) is 0 Å². The van der Waals surface area contributed by atoms with E-state index in [-0.39, 0.29) is 10.6 Å². The molecule has 142 valence electrons. The van der Waals surface area contributed by atoms with Crippen molar-refractivity contribution in [1.82, 2.24) is 0 Å². The molecule has 6 heteroatoms. The van der Waals surface area contributed by atoms with Crippen LogP contribution in [0.4, 0.5) is 5.69 Å². The molecule has 0 spiro atoms. The lowest BCUT2D eigenvalue weighted by Gasteiger charge is -2.28. The highest BCUT2D eigenvalue weighted by Crippen LogP contribution is 2.40. The number of halogens is 1. The topological polar surface area (TPSA) is 66.4 Å². The minimum atomic E-state index is -3.81. The van der Waals surface area contributed by atoms with Crippen molar-refractivity contribution in [1.29, 1.82) is 0 Å². The van der Waals surface area contributed by atoms with Gasteiger partial charge in [-0.15, -0.1) is 0 Å². The Morgan fingerprint density at radius 3 is 1.69 bits per heavy atom. The van der Waals surface area contributed by atoms with Crippen molar-refractivity contribution in [2.24, 2.45) is 0 Å². The zero-order chi connectivity index (χ0) is 19.9. The molecule has 0 aliphatic heterocycles. The van der Waals surface area contributed by atoms with Crippen LogP contribution in [0, 0.1) is 0 Å². The molecule has 26 heavy (non-hydrogen) atoms. The van der Waals surface area contributed by atoms with Gasteiger partial charge in [0, 0.05) is 21.8 Å². The number of rotatable bonds is 3. The van der Waals surface area contributed by atoms with Crippen molar-refractivity contribution in [3.05, 3.63) is 52.5 Å². The van der Waals surface area contributed by atoms with Gasteiger partial charge in [0.25, 0.3) is 10.0 Å². The van der Waals surface area contributed by atoms with Crippen molar-refractivity contribution in [3.8, 4) is 5.75 Å². The van der Waals surface area contributed by atoms with Crippen LogP contribution < -0.4 is 4.72 Å². The molecule has 0 amide bonds. The van der Waals surface area contributed by atoms with Crippen molar-refractivity contribution in [3.63, 3.8) is 0 Å². The van der Waals surface area contributed by atoms with Crippen molar-refractivity contribution >= 4 is 27.3 Å². The maximum atomic E-state index is 12.9. The summed E-state index contributed by atoms with van der Waals surface area (Å²) >= 11 is 5.85. The summed E-state index contributed by atoms with van der Waals surface area (Å²) in [6.07, 6.45) is 0. The first kappa shape index (κ1) is 20.6. The second-order valence-electron chi connectivity index (χ2n) is 8.48. The number of benzene rings is 2. The van der Waals surface area contributed by atoms with E-state index in [0.29, 0.717) is 21.8 Å². The summed E-state index contributed by atoms with van der Waals surface area (Å²) in [5.74, 6) is 0.149. The molecule has 0 aliphatic carbocycles. The van der Waals surface area contributed by atoms with Gasteiger partial charge < -0.3 is 5.11 Å². The van der Waals surface area contributed by atoms with Crippen LogP contribution >= 0.6 is 11.6 Å². The zero-order valence-corrected chi connectivity index (χ0v) is 17.6. The Hall–Kier alpha value is -1.72. The summed E-state index contributed by atoms with van der Waals surface area (Å²) in [5, 5.41) is 11.3. The fourth-order valence-electron chi connectivity index (χ4n) is 2.64. The van der Waals surface area contributed by atoms with Gasteiger partial charge in [-0.3, -0.25) is 4.72 Å². The molecule has 2 rings (SSSR count). The summed E-state index contributed by atoms with van der Waals surface area (Å²) in [7, 11) is -3.81. The number of hydrogen-bond donors (Lipinski definition) is 2. The monoisotopic (exact) mass is 395 g/mol. The molecule has 2 aromatic carbocycles. The third-order valence-corrected chi connectivity index (χ3v) is 5.72. The number of phenolic OH excluding ortho intramolecular Hbond substituents is 1. The van der Waals surface area contributed by atoms with Crippen LogP contribution in [-0.2, 0) is 20.9 Å². The standard InChI is InChI=1S/C20H26ClNO3S/c1-19(2,3)16-11-15(12-17(18(16)23)20(4,5)6)26(24,25)22-14-9-7-13(21)8-10-14/h7-12,22-23H,1-6H3. The summed E-state index contributed by atoms with van der Waals surface area (Å²) < 4.78 is 28.4. The quantitative estimate of drug-likeness (QED) is 0.726. The molecule has 0 heterocycles. The first-order valence-corrected chi connectivity index (χ1v) is 10.2. The van der Waals surface area contributed by atoms with Gasteiger partial charge >= 0.3 is 0 Å². The second kappa shape index (κ2) is 6.78. The molecule has 0 bridgehead atoms. The Bertz CT molecular complexity index is 871. The normalized spacial score (nSPS) is 12.9. The average molecular weight is 396 g/mol. The molecule has 2 N–H and O–H groups in total. The van der Waals surface area contributed by atoms with Crippen LogP contribution in [0.2, 0.25) is 5.02 Å². The van der Waals surface area contributed by atoms with Crippen LogP contribution in [0.5, 0.6) is 5.75 Å². The smallest absolute Gasteiger partial charge is 0.261 e.